The number of furan rings is 1. The van der Waals surface area contributed by atoms with Gasteiger partial charge >= 0.3 is 0 Å². The number of nitrogens with two attached hydrogens (primary N) is 1. The molecule has 4 heteroatoms. The third-order valence-electron chi connectivity index (χ3n) is 3.22. The van der Waals surface area contributed by atoms with Crippen LogP contribution in [0.25, 0.3) is 22.3 Å². The number of halogens is 1. The summed E-state index contributed by atoms with van der Waals surface area (Å²) in [6, 6.07) is 15.4. The lowest BCUT2D eigenvalue weighted by atomic mass is 10.1. The maximum atomic E-state index is 9.20. The molecule has 2 aromatic carbocycles. The summed E-state index contributed by atoms with van der Waals surface area (Å²) >= 11 is 3.57. The normalized spacial score (nSPS) is 10.7. The average molecular weight is 327 g/mol. The van der Waals surface area contributed by atoms with Crippen LogP contribution in [0.3, 0.4) is 0 Å². The van der Waals surface area contributed by atoms with E-state index in [1.54, 1.807) is 6.07 Å². The molecule has 0 unspecified atom stereocenters. The van der Waals surface area contributed by atoms with Gasteiger partial charge in [-0.15, -0.1) is 0 Å². The molecule has 0 radical (unpaired) electrons. The summed E-state index contributed by atoms with van der Waals surface area (Å²) in [5.74, 6) is 0.673. The van der Waals surface area contributed by atoms with Crippen LogP contribution < -0.4 is 5.73 Å². The van der Waals surface area contributed by atoms with Gasteiger partial charge in [0.25, 0.3) is 0 Å². The van der Waals surface area contributed by atoms with Crippen molar-refractivity contribution in [3.63, 3.8) is 0 Å². The van der Waals surface area contributed by atoms with Gasteiger partial charge in [-0.05, 0) is 45.8 Å². The van der Waals surface area contributed by atoms with E-state index in [0.717, 1.165) is 26.6 Å². The van der Waals surface area contributed by atoms with Gasteiger partial charge in [0.2, 0.25) is 0 Å². The monoisotopic (exact) mass is 326 g/mol. The van der Waals surface area contributed by atoms with Gasteiger partial charge in [-0.1, -0.05) is 18.2 Å². The largest absolute Gasteiger partial charge is 0.455 e. The minimum atomic E-state index is 0.484. The lowest BCUT2D eigenvalue weighted by Gasteiger charge is -2.00. The van der Waals surface area contributed by atoms with Crippen molar-refractivity contribution in [1.29, 1.82) is 5.26 Å². The van der Waals surface area contributed by atoms with Gasteiger partial charge in [0.15, 0.2) is 5.76 Å². The van der Waals surface area contributed by atoms with Gasteiger partial charge in [0.05, 0.1) is 16.1 Å². The molecule has 0 aliphatic heterocycles. The van der Waals surface area contributed by atoms with E-state index in [2.05, 4.69) is 22.0 Å². The third-order valence-corrected chi connectivity index (χ3v) is 4.01. The number of hydrogen-bond donors (Lipinski definition) is 1. The van der Waals surface area contributed by atoms with Gasteiger partial charge in [-0.2, -0.15) is 5.26 Å². The summed E-state index contributed by atoms with van der Waals surface area (Å²) < 4.78 is 6.74. The summed E-state index contributed by atoms with van der Waals surface area (Å²) in [6.07, 6.45) is 0. The highest BCUT2D eigenvalue weighted by Crippen LogP contribution is 2.39. The Morgan fingerprint density at radius 1 is 1.20 bits per heavy atom. The van der Waals surface area contributed by atoms with Crippen molar-refractivity contribution < 1.29 is 4.42 Å². The zero-order valence-electron chi connectivity index (χ0n) is 10.6. The Bertz CT molecular complexity index is 830. The SMILES string of the molecule is N#Cc1ccccc1-c1oc2ccc(CN)cc2c1Br. The second-order valence-corrected chi connectivity index (χ2v) is 5.23. The van der Waals surface area contributed by atoms with E-state index in [-0.39, 0.29) is 0 Å². The molecule has 0 atom stereocenters. The number of nitriles is 1. The summed E-state index contributed by atoms with van der Waals surface area (Å²) in [7, 11) is 0. The Morgan fingerprint density at radius 2 is 2.00 bits per heavy atom. The second kappa shape index (κ2) is 5.12. The molecule has 3 rings (SSSR count). The van der Waals surface area contributed by atoms with Crippen LogP contribution in [-0.2, 0) is 6.54 Å². The molecule has 3 aromatic rings. The molecule has 98 valence electrons. The number of benzene rings is 2. The van der Waals surface area contributed by atoms with Crippen molar-refractivity contribution in [3.05, 3.63) is 58.1 Å². The summed E-state index contributed by atoms with van der Waals surface area (Å²) in [4.78, 5) is 0. The number of hydrogen-bond acceptors (Lipinski definition) is 3. The second-order valence-electron chi connectivity index (χ2n) is 4.44. The van der Waals surface area contributed by atoms with E-state index in [4.69, 9.17) is 10.2 Å². The molecule has 3 nitrogen and oxygen atoms in total. The number of rotatable bonds is 2. The van der Waals surface area contributed by atoms with Crippen LogP contribution in [0.5, 0.6) is 0 Å². The predicted molar refractivity (Wildman–Crippen MR) is 82.0 cm³/mol. The molecule has 0 aliphatic rings. The molecule has 2 N–H and O–H groups in total. The van der Waals surface area contributed by atoms with E-state index in [9.17, 15) is 5.26 Å². The summed E-state index contributed by atoms with van der Waals surface area (Å²) in [5.41, 5.74) is 8.85. The Kier molecular flexibility index (Phi) is 3.31. The quantitative estimate of drug-likeness (QED) is 0.767. The van der Waals surface area contributed by atoms with Crippen LogP contribution >= 0.6 is 15.9 Å². The van der Waals surface area contributed by atoms with Crippen molar-refractivity contribution in [2.24, 2.45) is 5.73 Å². The van der Waals surface area contributed by atoms with Gasteiger partial charge in [0.1, 0.15) is 5.58 Å². The Balaban J connectivity index is 2.27. The molecule has 0 bridgehead atoms. The lowest BCUT2D eigenvalue weighted by Crippen LogP contribution is -1.94. The number of fused-ring (bicyclic) bond motifs is 1. The minimum Gasteiger partial charge on any atom is -0.455 e. The summed E-state index contributed by atoms with van der Waals surface area (Å²) in [5, 5.41) is 10.2. The molecule has 1 heterocycles. The van der Waals surface area contributed by atoms with E-state index >= 15 is 0 Å². The van der Waals surface area contributed by atoms with E-state index in [0.29, 0.717) is 17.9 Å². The fraction of sp³-hybridized carbons (Fsp3) is 0.0625. The molecule has 1 aromatic heterocycles. The van der Waals surface area contributed by atoms with E-state index in [1.807, 2.05) is 36.4 Å². The number of nitrogens with zero attached hydrogens (tertiary/aromatic N) is 1. The highest BCUT2D eigenvalue weighted by molar-refractivity contribution is 9.10. The van der Waals surface area contributed by atoms with Crippen LogP contribution in [0.1, 0.15) is 11.1 Å². The molecule has 0 saturated heterocycles. The van der Waals surface area contributed by atoms with Gasteiger partial charge < -0.3 is 10.2 Å². The van der Waals surface area contributed by atoms with E-state index < -0.39 is 0 Å². The standard InChI is InChI=1S/C16H11BrN2O/c17-15-13-7-10(8-18)5-6-14(13)20-16(15)12-4-2-1-3-11(12)9-19/h1-7H,8,18H2. The zero-order valence-corrected chi connectivity index (χ0v) is 12.1. The Labute approximate surface area is 124 Å². The molecule has 0 amide bonds. The first kappa shape index (κ1) is 12.9. The minimum absolute atomic E-state index is 0.484. The Hall–Kier alpha value is -2.09. The topological polar surface area (TPSA) is 63.0 Å². The smallest absolute Gasteiger partial charge is 0.150 e. The maximum Gasteiger partial charge on any atom is 0.150 e. The Morgan fingerprint density at radius 3 is 2.75 bits per heavy atom. The molecule has 0 saturated carbocycles. The third kappa shape index (κ3) is 2.01. The summed E-state index contributed by atoms with van der Waals surface area (Å²) in [6.45, 7) is 0.484. The fourth-order valence-corrected chi connectivity index (χ4v) is 2.80. The van der Waals surface area contributed by atoms with Crippen LogP contribution in [0.15, 0.2) is 51.4 Å². The van der Waals surface area contributed by atoms with Gasteiger partial charge in [-0.3, -0.25) is 0 Å². The van der Waals surface area contributed by atoms with Crippen LogP contribution in [-0.4, -0.2) is 0 Å². The van der Waals surface area contributed by atoms with Gasteiger partial charge in [0, 0.05) is 17.5 Å². The van der Waals surface area contributed by atoms with E-state index in [1.165, 1.54) is 0 Å². The van der Waals surface area contributed by atoms with Crippen molar-refractivity contribution in [3.8, 4) is 17.4 Å². The van der Waals surface area contributed by atoms with Crippen molar-refractivity contribution in [2.75, 3.05) is 0 Å². The molecule has 0 spiro atoms. The highest BCUT2D eigenvalue weighted by atomic mass is 79.9. The zero-order chi connectivity index (χ0) is 14.1. The van der Waals surface area contributed by atoms with Crippen LogP contribution in [0.4, 0.5) is 0 Å². The first-order chi connectivity index (χ1) is 9.74. The molecule has 0 fully saturated rings. The maximum absolute atomic E-state index is 9.20. The average Bonchev–Trinajstić information content (AvgIpc) is 2.83. The van der Waals surface area contributed by atoms with Crippen molar-refractivity contribution in [2.45, 2.75) is 6.54 Å². The molecule has 20 heavy (non-hydrogen) atoms. The van der Waals surface area contributed by atoms with Crippen molar-refractivity contribution >= 4 is 26.9 Å². The highest BCUT2D eigenvalue weighted by Gasteiger charge is 2.16. The molecular formula is C16H11BrN2O. The molecular weight excluding hydrogens is 316 g/mol. The van der Waals surface area contributed by atoms with Gasteiger partial charge in [-0.25, -0.2) is 0 Å². The predicted octanol–water partition coefficient (Wildman–Crippen LogP) is 4.19. The molecule has 0 aliphatic carbocycles. The first-order valence-electron chi connectivity index (χ1n) is 6.15. The fourth-order valence-electron chi connectivity index (χ4n) is 2.19. The van der Waals surface area contributed by atoms with Crippen LogP contribution in [0, 0.1) is 11.3 Å². The van der Waals surface area contributed by atoms with Crippen molar-refractivity contribution in [1.82, 2.24) is 0 Å². The first-order valence-corrected chi connectivity index (χ1v) is 6.94. The van der Waals surface area contributed by atoms with Crippen LogP contribution in [0.2, 0.25) is 0 Å². The lowest BCUT2D eigenvalue weighted by molar-refractivity contribution is 0.629.